The van der Waals surface area contributed by atoms with E-state index in [1.807, 2.05) is 6.07 Å². The summed E-state index contributed by atoms with van der Waals surface area (Å²) in [5, 5.41) is 8.37. The summed E-state index contributed by atoms with van der Waals surface area (Å²) in [7, 11) is 0. The number of likely N-dealkylation sites (tertiary alicyclic amines) is 1. The van der Waals surface area contributed by atoms with Crippen molar-refractivity contribution >= 4 is 51.4 Å². The van der Waals surface area contributed by atoms with E-state index in [0.717, 1.165) is 6.42 Å². The zero-order valence-corrected chi connectivity index (χ0v) is 19.2. The van der Waals surface area contributed by atoms with Gasteiger partial charge in [-0.1, -0.05) is 23.9 Å². The van der Waals surface area contributed by atoms with Crippen LogP contribution in [0.5, 0.6) is 0 Å². The van der Waals surface area contributed by atoms with Crippen LogP contribution in [0.15, 0.2) is 65.0 Å². The summed E-state index contributed by atoms with van der Waals surface area (Å²) in [6, 6.07) is 13.8. The number of benzene rings is 2. The number of amides is 2. The second kappa shape index (κ2) is 10.8. The van der Waals surface area contributed by atoms with Crippen LogP contribution in [-0.4, -0.2) is 40.5 Å². The topological polar surface area (TPSA) is 74.3 Å². The number of hydrogen-bond donors (Lipinski definition) is 2. The van der Waals surface area contributed by atoms with Crippen molar-refractivity contribution in [3.63, 3.8) is 0 Å². The van der Waals surface area contributed by atoms with Crippen LogP contribution in [0.1, 0.15) is 23.2 Å². The Labute approximate surface area is 198 Å². The summed E-state index contributed by atoms with van der Waals surface area (Å²) < 4.78 is 25.1. The Kier molecular flexibility index (Phi) is 7.56. The van der Waals surface area contributed by atoms with Gasteiger partial charge in [-0.15, -0.1) is 11.3 Å². The maximum atomic E-state index is 13.3. The number of piperidine rings is 1. The lowest BCUT2D eigenvalue weighted by Crippen LogP contribution is -2.43. The minimum atomic E-state index is -2.47. The molecule has 2 N–H and O–H groups in total. The molecule has 172 valence electrons. The SMILES string of the molecule is O=C(Nc1nccs1)C1CCCN(C(=O)c2ccccc2Nc2ccc(SC(F)F)cc2)C1. The number of nitrogens with one attached hydrogen (secondary N) is 2. The molecule has 1 saturated heterocycles. The Morgan fingerprint density at radius 3 is 2.67 bits per heavy atom. The third kappa shape index (κ3) is 6.08. The van der Waals surface area contributed by atoms with Gasteiger partial charge >= 0.3 is 0 Å². The standard InChI is InChI=1S/C23H22F2N4O2S2/c24-22(25)33-17-9-7-16(8-10-17)27-19-6-2-1-5-18(19)21(31)29-12-3-4-15(14-29)20(30)28-23-26-11-13-32-23/h1-2,5-11,13,15,22,27H,3-4,12,14H2,(H,26,28,30). The molecule has 1 aliphatic heterocycles. The van der Waals surface area contributed by atoms with Gasteiger partial charge in [0.1, 0.15) is 0 Å². The fraction of sp³-hybridized carbons (Fsp3) is 0.261. The average Bonchev–Trinajstić information content (AvgIpc) is 3.33. The molecule has 1 aliphatic rings. The highest BCUT2D eigenvalue weighted by molar-refractivity contribution is 7.99. The third-order valence-electron chi connectivity index (χ3n) is 5.26. The molecule has 1 fully saturated rings. The first-order valence-electron chi connectivity index (χ1n) is 10.4. The molecule has 2 heterocycles. The fourth-order valence-electron chi connectivity index (χ4n) is 3.69. The Morgan fingerprint density at radius 2 is 1.94 bits per heavy atom. The van der Waals surface area contributed by atoms with Crippen molar-refractivity contribution in [1.82, 2.24) is 9.88 Å². The van der Waals surface area contributed by atoms with E-state index in [-0.39, 0.29) is 17.7 Å². The predicted molar refractivity (Wildman–Crippen MR) is 127 cm³/mol. The van der Waals surface area contributed by atoms with Crippen LogP contribution in [-0.2, 0) is 4.79 Å². The number of thioether (sulfide) groups is 1. The van der Waals surface area contributed by atoms with Crippen LogP contribution >= 0.6 is 23.1 Å². The van der Waals surface area contributed by atoms with Gasteiger partial charge in [0.25, 0.3) is 11.7 Å². The Morgan fingerprint density at radius 1 is 1.15 bits per heavy atom. The first-order valence-corrected chi connectivity index (χ1v) is 12.2. The van der Waals surface area contributed by atoms with Crippen LogP contribution < -0.4 is 10.6 Å². The number of thiazole rings is 1. The van der Waals surface area contributed by atoms with E-state index in [1.54, 1.807) is 58.9 Å². The summed E-state index contributed by atoms with van der Waals surface area (Å²) in [6.07, 6.45) is 3.08. The number of carbonyl (C=O) groups is 2. The van der Waals surface area contributed by atoms with Crippen LogP contribution in [0.3, 0.4) is 0 Å². The molecule has 1 aromatic heterocycles. The average molecular weight is 489 g/mol. The van der Waals surface area contributed by atoms with Gasteiger partial charge in [-0.25, -0.2) is 4.98 Å². The smallest absolute Gasteiger partial charge is 0.288 e. The Balaban J connectivity index is 1.44. The van der Waals surface area contributed by atoms with Gasteiger partial charge in [-0.05, 0) is 49.2 Å². The molecule has 2 amide bonds. The van der Waals surface area contributed by atoms with Crippen molar-refractivity contribution < 1.29 is 18.4 Å². The highest BCUT2D eigenvalue weighted by atomic mass is 32.2. The number of carbonyl (C=O) groups excluding carboxylic acids is 2. The lowest BCUT2D eigenvalue weighted by molar-refractivity contribution is -0.121. The molecule has 2 aromatic carbocycles. The zero-order valence-electron chi connectivity index (χ0n) is 17.5. The minimum Gasteiger partial charge on any atom is -0.355 e. The summed E-state index contributed by atoms with van der Waals surface area (Å²) in [5.41, 5.74) is 1.80. The number of aromatic nitrogens is 1. The molecule has 4 rings (SSSR count). The highest BCUT2D eigenvalue weighted by Crippen LogP contribution is 2.29. The van der Waals surface area contributed by atoms with Crippen molar-refractivity contribution in [2.75, 3.05) is 23.7 Å². The lowest BCUT2D eigenvalue weighted by Gasteiger charge is -2.32. The minimum absolute atomic E-state index is 0.129. The second-order valence-electron chi connectivity index (χ2n) is 7.49. The van der Waals surface area contributed by atoms with Crippen molar-refractivity contribution in [3.05, 3.63) is 65.7 Å². The van der Waals surface area contributed by atoms with Gasteiger partial charge in [-0.3, -0.25) is 9.59 Å². The first kappa shape index (κ1) is 23.2. The maximum Gasteiger partial charge on any atom is 0.288 e. The summed E-state index contributed by atoms with van der Waals surface area (Å²) in [6.45, 7) is 0.914. The first-order chi connectivity index (χ1) is 16.0. The fourth-order valence-corrected chi connectivity index (χ4v) is 4.72. The molecular formula is C23H22F2N4O2S2. The molecule has 0 bridgehead atoms. The lowest BCUT2D eigenvalue weighted by atomic mass is 9.96. The van der Waals surface area contributed by atoms with Crippen LogP contribution in [0.2, 0.25) is 0 Å². The van der Waals surface area contributed by atoms with Gasteiger partial charge in [0.2, 0.25) is 5.91 Å². The van der Waals surface area contributed by atoms with Gasteiger partial charge in [-0.2, -0.15) is 8.78 Å². The largest absolute Gasteiger partial charge is 0.355 e. The monoisotopic (exact) mass is 488 g/mol. The van der Waals surface area contributed by atoms with E-state index in [4.69, 9.17) is 0 Å². The molecule has 0 aliphatic carbocycles. The number of rotatable bonds is 7. The van der Waals surface area contributed by atoms with E-state index in [1.165, 1.54) is 11.3 Å². The quantitative estimate of drug-likeness (QED) is 0.418. The maximum absolute atomic E-state index is 13.3. The van der Waals surface area contributed by atoms with E-state index in [0.29, 0.717) is 58.2 Å². The summed E-state index contributed by atoms with van der Waals surface area (Å²) >= 11 is 1.84. The van der Waals surface area contributed by atoms with Crippen molar-refractivity contribution in [1.29, 1.82) is 0 Å². The molecule has 0 saturated carbocycles. The van der Waals surface area contributed by atoms with Crippen LogP contribution in [0.25, 0.3) is 0 Å². The second-order valence-corrected chi connectivity index (χ2v) is 9.45. The van der Waals surface area contributed by atoms with E-state index in [9.17, 15) is 18.4 Å². The van der Waals surface area contributed by atoms with Gasteiger partial charge in [0.05, 0.1) is 17.2 Å². The molecule has 33 heavy (non-hydrogen) atoms. The number of hydrogen-bond acceptors (Lipinski definition) is 6. The Bertz CT molecular complexity index is 1090. The normalized spacial score (nSPS) is 16.0. The van der Waals surface area contributed by atoms with Crippen LogP contribution in [0.4, 0.5) is 25.3 Å². The Hall–Kier alpha value is -2.98. The van der Waals surface area contributed by atoms with E-state index >= 15 is 0 Å². The molecule has 3 aromatic rings. The number of nitrogens with zero attached hydrogens (tertiary/aromatic N) is 2. The number of anilines is 3. The van der Waals surface area contributed by atoms with Crippen LogP contribution in [0, 0.1) is 5.92 Å². The molecule has 0 spiro atoms. The van der Waals surface area contributed by atoms with Crippen molar-refractivity contribution in [2.24, 2.45) is 5.92 Å². The molecule has 1 atom stereocenters. The summed E-state index contributed by atoms with van der Waals surface area (Å²) in [4.78, 5) is 32.2. The summed E-state index contributed by atoms with van der Waals surface area (Å²) in [5.74, 6) is -3.06. The molecular weight excluding hydrogens is 466 g/mol. The van der Waals surface area contributed by atoms with E-state index in [2.05, 4.69) is 15.6 Å². The molecule has 10 heteroatoms. The molecule has 1 unspecified atom stereocenters. The number of para-hydroxylation sites is 1. The number of alkyl halides is 2. The van der Waals surface area contributed by atoms with Gasteiger partial charge in [0.15, 0.2) is 5.13 Å². The van der Waals surface area contributed by atoms with E-state index < -0.39 is 5.76 Å². The highest BCUT2D eigenvalue weighted by Gasteiger charge is 2.30. The molecule has 6 nitrogen and oxygen atoms in total. The van der Waals surface area contributed by atoms with Gasteiger partial charge in [0, 0.05) is 35.2 Å². The van der Waals surface area contributed by atoms with Gasteiger partial charge < -0.3 is 15.5 Å². The van der Waals surface area contributed by atoms with Crippen molar-refractivity contribution in [3.8, 4) is 0 Å². The third-order valence-corrected chi connectivity index (χ3v) is 6.67. The zero-order chi connectivity index (χ0) is 23.2. The predicted octanol–water partition coefficient (Wildman–Crippen LogP) is 5.69. The molecule has 0 radical (unpaired) electrons. The van der Waals surface area contributed by atoms with Crippen molar-refractivity contribution in [2.45, 2.75) is 23.5 Å². The number of halogens is 2.